The Balaban J connectivity index is 1.93. The minimum Gasteiger partial charge on any atom is -0.316 e. The van der Waals surface area contributed by atoms with Crippen LogP contribution in [0.1, 0.15) is 30.4 Å². The molecule has 94 valence electrons. The molecule has 2 atom stereocenters. The van der Waals surface area contributed by atoms with Gasteiger partial charge in [-0.05, 0) is 60.4 Å². The average Bonchev–Trinajstić information content (AvgIpc) is 2.47. The molecule has 1 N–H and O–H groups in total. The van der Waals surface area contributed by atoms with E-state index in [0.717, 1.165) is 18.0 Å². The van der Waals surface area contributed by atoms with E-state index in [1.165, 1.54) is 36.9 Å². The van der Waals surface area contributed by atoms with Gasteiger partial charge in [0.15, 0.2) is 0 Å². The molecule has 2 heterocycles. The summed E-state index contributed by atoms with van der Waals surface area (Å²) in [5.41, 5.74) is 3.89. The molecule has 2 nitrogen and oxygen atoms in total. The molecular weight excluding hydrogens is 220 g/mol. The van der Waals surface area contributed by atoms with E-state index in [-0.39, 0.29) is 0 Å². The highest BCUT2D eigenvalue weighted by Gasteiger charge is 2.30. The topological polar surface area (TPSA) is 24.9 Å². The van der Waals surface area contributed by atoms with Crippen molar-refractivity contribution in [1.82, 2.24) is 10.3 Å². The third kappa shape index (κ3) is 2.13. The van der Waals surface area contributed by atoms with Crippen LogP contribution >= 0.6 is 0 Å². The minimum atomic E-state index is 0.675. The fourth-order valence-electron chi connectivity index (χ4n) is 3.29. The molecule has 1 aromatic heterocycles. The smallest absolute Gasteiger partial charge is 0.0343 e. The van der Waals surface area contributed by atoms with E-state index in [0.29, 0.717) is 5.92 Å². The highest BCUT2D eigenvalue weighted by atomic mass is 14.9. The minimum absolute atomic E-state index is 0.675. The van der Waals surface area contributed by atoms with Gasteiger partial charge < -0.3 is 5.32 Å². The van der Waals surface area contributed by atoms with Gasteiger partial charge in [-0.15, -0.1) is 0 Å². The van der Waals surface area contributed by atoms with E-state index in [9.17, 15) is 0 Å². The normalized spacial score (nSPS) is 27.2. The molecule has 0 spiro atoms. The van der Waals surface area contributed by atoms with Gasteiger partial charge in [-0.1, -0.05) is 18.7 Å². The summed E-state index contributed by atoms with van der Waals surface area (Å²) >= 11 is 0. The van der Waals surface area contributed by atoms with Crippen molar-refractivity contribution in [2.24, 2.45) is 11.8 Å². The van der Waals surface area contributed by atoms with E-state index in [4.69, 9.17) is 0 Å². The molecule has 0 amide bonds. The third-order valence-corrected chi connectivity index (χ3v) is 4.25. The lowest BCUT2D eigenvalue weighted by Crippen LogP contribution is -2.38. The van der Waals surface area contributed by atoms with Gasteiger partial charge in [-0.25, -0.2) is 0 Å². The lowest BCUT2D eigenvalue weighted by molar-refractivity contribution is 0.285. The Morgan fingerprint density at radius 1 is 1.33 bits per heavy atom. The van der Waals surface area contributed by atoms with Gasteiger partial charge >= 0.3 is 0 Å². The van der Waals surface area contributed by atoms with Gasteiger partial charge in [-0.3, -0.25) is 4.98 Å². The van der Waals surface area contributed by atoms with Crippen LogP contribution in [-0.2, 0) is 0 Å². The van der Waals surface area contributed by atoms with Crippen LogP contribution in [0.4, 0.5) is 0 Å². The maximum absolute atomic E-state index is 4.34. The molecule has 1 aliphatic carbocycles. The van der Waals surface area contributed by atoms with Crippen molar-refractivity contribution in [3.8, 4) is 0 Å². The number of aromatic nitrogens is 1. The maximum atomic E-state index is 4.34. The number of fused-ring (bicyclic) bond motifs is 1. The molecule has 1 aromatic rings. The van der Waals surface area contributed by atoms with Gasteiger partial charge in [0.05, 0.1) is 0 Å². The van der Waals surface area contributed by atoms with Gasteiger partial charge in [0.25, 0.3) is 0 Å². The molecule has 2 unspecified atom stereocenters. The maximum Gasteiger partial charge on any atom is 0.0343 e. The third-order valence-electron chi connectivity index (χ3n) is 4.25. The van der Waals surface area contributed by atoms with Crippen molar-refractivity contribution in [3.63, 3.8) is 0 Å². The van der Waals surface area contributed by atoms with Crippen molar-refractivity contribution in [2.45, 2.75) is 19.3 Å². The number of rotatable bonds is 2. The highest BCUT2D eigenvalue weighted by molar-refractivity contribution is 5.70. The molecule has 0 saturated carbocycles. The monoisotopic (exact) mass is 240 g/mol. The van der Waals surface area contributed by atoms with Gasteiger partial charge in [0.1, 0.15) is 0 Å². The number of pyridine rings is 1. The van der Waals surface area contributed by atoms with Crippen LogP contribution in [0.3, 0.4) is 0 Å². The quantitative estimate of drug-likeness (QED) is 0.859. The largest absolute Gasteiger partial charge is 0.316 e. The van der Waals surface area contributed by atoms with Crippen LogP contribution in [0.5, 0.6) is 0 Å². The first-order chi connectivity index (χ1) is 8.88. The Kier molecular flexibility index (Phi) is 3.28. The van der Waals surface area contributed by atoms with Crippen LogP contribution in [0.15, 0.2) is 31.1 Å². The van der Waals surface area contributed by atoms with Crippen molar-refractivity contribution < 1.29 is 0 Å². The zero-order valence-corrected chi connectivity index (χ0v) is 10.7. The number of allylic oxidation sites excluding steroid dienone is 1. The Hall–Kier alpha value is -1.41. The fourth-order valence-corrected chi connectivity index (χ4v) is 3.29. The predicted molar refractivity (Wildman–Crippen MR) is 76.0 cm³/mol. The molecule has 1 saturated heterocycles. The molecular formula is C16H20N2. The SMILES string of the molecule is C=Cc1cncc(C2=CCCC3CCNCC23)c1. The van der Waals surface area contributed by atoms with E-state index >= 15 is 0 Å². The Morgan fingerprint density at radius 3 is 3.17 bits per heavy atom. The molecule has 3 rings (SSSR count). The Morgan fingerprint density at radius 2 is 2.28 bits per heavy atom. The number of nitrogens with one attached hydrogen (secondary N) is 1. The summed E-state index contributed by atoms with van der Waals surface area (Å²) in [5, 5.41) is 3.53. The van der Waals surface area contributed by atoms with Gasteiger partial charge in [-0.2, -0.15) is 0 Å². The van der Waals surface area contributed by atoms with E-state index in [1.807, 2.05) is 18.5 Å². The first kappa shape index (κ1) is 11.7. The van der Waals surface area contributed by atoms with E-state index < -0.39 is 0 Å². The second-order valence-electron chi connectivity index (χ2n) is 5.31. The van der Waals surface area contributed by atoms with Crippen molar-refractivity contribution >= 4 is 11.6 Å². The summed E-state index contributed by atoms with van der Waals surface area (Å²) in [6, 6.07) is 2.21. The first-order valence-electron chi connectivity index (χ1n) is 6.87. The molecule has 18 heavy (non-hydrogen) atoms. The van der Waals surface area contributed by atoms with Crippen LogP contribution in [0, 0.1) is 11.8 Å². The lowest BCUT2D eigenvalue weighted by Gasteiger charge is -2.37. The standard InChI is InChI=1S/C16H20N2/c1-2-12-8-14(10-18-9-12)15-5-3-4-13-6-7-17-11-16(13)15/h2,5,8-10,13,16-17H,1,3-4,6-7,11H2. The van der Waals surface area contributed by atoms with Gasteiger partial charge in [0, 0.05) is 18.9 Å². The van der Waals surface area contributed by atoms with Crippen molar-refractivity contribution in [1.29, 1.82) is 0 Å². The summed E-state index contributed by atoms with van der Waals surface area (Å²) in [6.07, 6.45) is 12.0. The molecule has 1 fully saturated rings. The number of hydrogen-bond acceptors (Lipinski definition) is 2. The fraction of sp³-hybridized carbons (Fsp3) is 0.438. The summed E-state index contributed by atoms with van der Waals surface area (Å²) in [6.45, 7) is 6.13. The van der Waals surface area contributed by atoms with Crippen LogP contribution in [0.25, 0.3) is 11.6 Å². The summed E-state index contributed by atoms with van der Waals surface area (Å²) in [7, 11) is 0. The number of piperidine rings is 1. The first-order valence-corrected chi connectivity index (χ1v) is 6.87. The number of nitrogens with zero attached hydrogens (tertiary/aromatic N) is 1. The van der Waals surface area contributed by atoms with Gasteiger partial charge in [0.2, 0.25) is 0 Å². The van der Waals surface area contributed by atoms with E-state index in [1.54, 1.807) is 0 Å². The summed E-state index contributed by atoms with van der Waals surface area (Å²) in [4.78, 5) is 4.34. The highest BCUT2D eigenvalue weighted by Crippen LogP contribution is 2.39. The average molecular weight is 240 g/mol. The van der Waals surface area contributed by atoms with E-state index in [2.05, 4.69) is 29.0 Å². The molecule has 0 aromatic carbocycles. The Bertz CT molecular complexity index is 476. The zero-order chi connectivity index (χ0) is 12.4. The molecule has 2 aliphatic rings. The number of hydrogen-bond donors (Lipinski definition) is 1. The van der Waals surface area contributed by atoms with Crippen LogP contribution in [0.2, 0.25) is 0 Å². The molecule has 0 radical (unpaired) electrons. The van der Waals surface area contributed by atoms with Crippen molar-refractivity contribution in [3.05, 3.63) is 42.2 Å². The Labute approximate surface area is 109 Å². The molecule has 2 heteroatoms. The summed E-state index contributed by atoms with van der Waals surface area (Å²) < 4.78 is 0. The molecule has 0 bridgehead atoms. The zero-order valence-electron chi connectivity index (χ0n) is 10.7. The molecule has 1 aliphatic heterocycles. The second kappa shape index (κ2) is 5.07. The second-order valence-corrected chi connectivity index (χ2v) is 5.31. The summed E-state index contributed by atoms with van der Waals surface area (Å²) in [5.74, 6) is 1.54. The van der Waals surface area contributed by atoms with Crippen LogP contribution in [-0.4, -0.2) is 18.1 Å². The van der Waals surface area contributed by atoms with Crippen molar-refractivity contribution in [2.75, 3.05) is 13.1 Å². The van der Waals surface area contributed by atoms with Crippen LogP contribution < -0.4 is 5.32 Å². The lowest BCUT2D eigenvalue weighted by atomic mass is 9.73. The predicted octanol–water partition coefficient (Wildman–Crippen LogP) is 3.13.